The van der Waals surface area contributed by atoms with Gasteiger partial charge in [-0.3, -0.25) is 0 Å². The number of hydrogen-bond donors (Lipinski definition) is 0. The molecule has 0 radical (unpaired) electrons. The molecule has 21 heavy (non-hydrogen) atoms. The van der Waals surface area contributed by atoms with Gasteiger partial charge in [0.25, 0.3) is 0 Å². The minimum atomic E-state index is -0.479. The fraction of sp³-hybridized carbons (Fsp3) is 1.00. The summed E-state index contributed by atoms with van der Waals surface area (Å²) in [5.74, 6) is -0.479. The Hall–Kier alpha value is -0.160. The van der Waals surface area contributed by atoms with Crippen LogP contribution in [0.1, 0.15) is 63.3 Å². The summed E-state index contributed by atoms with van der Waals surface area (Å²) < 4.78 is 20.5. The molecule has 0 bridgehead atoms. The molecule has 0 spiro atoms. The van der Waals surface area contributed by atoms with Gasteiger partial charge >= 0.3 is 0 Å². The van der Waals surface area contributed by atoms with Gasteiger partial charge in [-0.1, -0.05) is 56.4 Å². The maximum Gasteiger partial charge on any atom is 0.169 e. The standard InChI is InChI=1S/C8H18O2.C7H16O2.2CH4/c1-7(2,3)8(4,9-5)10-6;1-7(2,3)6(8-4)9-5;;/h1-6H3;6H,1-5H3;2*1H4. The molecule has 0 aliphatic rings. The van der Waals surface area contributed by atoms with Crippen LogP contribution in [-0.4, -0.2) is 40.5 Å². The molecule has 0 N–H and O–H groups in total. The van der Waals surface area contributed by atoms with Gasteiger partial charge in [0.1, 0.15) is 0 Å². The van der Waals surface area contributed by atoms with Crippen LogP contribution < -0.4 is 0 Å². The van der Waals surface area contributed by atoms with Crippen LogP contribution in [0.15, 0.2) is 0 Å². The van der Waals surface area contributed by atoms with Crippen LogP contribution in [0.2, 0.25) is 0 Å². The van der Waals surface area contributed by atoms with Crippen LogP contribution in [-0.2, 0) is 18.9 Å². The largest absolute Gasteiger partial charge is 0.355 e. The first-order chi connectivity index (χ1) is 8.39. The van der Waals surface area contributed by atoms with Gasteiger partial charge < -0.3 is 18.9 Å². The summed E-state index contributed by atoms with van der Waals surface area (Å²) in [6.45, 7) is 14.4. The highest BCUT2D eigenvalue weighted by Crippen LogP contribution is 2.33. The van der Waals surface area contributed by atoms with Gasteiger partial charge in [0.05, 0.1) is 0 Å². The Morgan fingerprint density at radius 2 is 0.905 bits per heavy atom. The predicted molar refractivity (Wildman–Crippen MR) is 92.6 cm³/mol. The zero-order valence-electron chi connectivity index (χ0n) is 14.7. The molecule has 0 rings (SSSR count). The van der Waals surface area contributed by atoms with E-state index in [4.69, 9.17) is 18.9 Å². The smallest absolute Gasteiger partial charge is 0.169 e. The summed E-state index contributed by atoms with van der Waals surface area (Å²) in [6.07, 6.45) is -0.0995. The van der Waals surface area contributed by atoms with Gasteiger partial charge in [-0.05, 0) is 6.92 Å². The molecule has 0 atom stereocenters. The Kier molecular flexibility index (Phi) is 15.7. The summed E-state index contributed by atoms with van der Waals surface area (Å²) in [5.41, 5.74) is 0.0833. The van der Waals surface area contributed by atoms with Crippen molar-refractivity contribution in [3.05, 3.63) is 0 Å². The van der Waals surface area contributed by atoms with Crippen molar-refractivity contribution < 1.29 is 18.9 Å². The maximum atomic E-state index is 5.23. The number of ether oxygens (including phenoxy) is 4. The molecule has 0 aromatic heterocycles. The molecular weight excluding hydrogens is 268 g/mol. The molecule has 0 heterocycles. The first kappa shape index (κ1) is 28.9. The molecule has 0 saturated heterocycles. The maximum absolute atomic E-state index is 5.23. The molecule has 0 fully saturated rings. The van der Waals surface area contributed by atoms with Crippen LogP contribution in [0.4, 0.5) is 0 Å². The lowest BCUT2D eigenvalue weighted by molar-refractivity contribution is -0.250. The average Bonchev–Trinajstić information content (AvgIpc) is 2.27. The number of rotatable bonds is 4. The topological polar surface area (TPSA) is 36.9 Å². The van der Waals surface area contributed by atoms with E-state index >= 15 is 0 Å². The Labute approximate surface area is 134 Å². The van der Waals surface area contributed by atoms with Crippen LogP contribution in [0.25, 0.3) is 0 Å². The first-order valence-electron chi connectivity index (χ1n) is 6.55. The van der Waals surface area contributed by atoms with Gasteiger partial charge in [0.15, 0.2) is 12.1 Å². The van der Waals surface area contributed by atoms with Crippen molar-refractivity contribution in [2.24, 2.45) is 10.8 Å². The Balaban J connectivity index is -0.000000126. The number of hydrogen-bond acceptors (Lipinski definition) is 4. The van der Waals surface area contributed by atoms with Crippen molar-refractivity contribution in [3.63, 3.8) is 0 Å². The van der Waals surface area contributed by atoms with Gasteiger partial charge in [-0.25, -0.2) is 0 Å². The van der Waals surface area contributed by atoms with Gasteiger partial charge in [-0.2, -0.15) is 0 Å². The molecule has 0 aromatic rings. The molecule has 0 aliphatic carbocycles. The molecule has 134 valence electrons. The van der Waals surface area contributed by atoms with Crippen molar-refractivity contribution in [1.82, 2.24) is 0 Å². The van der Waals surface area contributed by atoms with E-state index in [1.807, 2.05) is 6.92 Å². The van der Waals surface area contributed by atoms with Crippen molar-refractivity contribution in [1.29, 1.82) is 0 Å². The lowest BCUT2D eigenvalue weighted by atomic mass is 9.86. The average molecular weight is 311 g/mol. The van der Waals surface area contributed by atoms with E-state index < -0.39 is 5.79 Å². The van der Waals surface area contributed by atoms with E-state index in [1.54, 1.807) is 28.4 Å². The van der Waals surface area contributed by atoms with Crippen molar-refractivity contribution >= 4 is 0 Å². The third-order valence-electron chi connectivity index (χ3n) is 3.28. The minimum Gasteiger partial charge on any atom is -0.355 e. The third kappa shape index (κ3) is 10.2. The summed E-state index contributed by atoms with van der Waals surface area (Å²) >= 11 is 0. The highest BCUT2D eigenvalue weighted by atomic mass is 16.7. The quantitative estimate of drug-likeness (QED) is 0.687. The monoisotopic (exact) mass is 310 g/mol. The van der Waals surface area contributed by atoms with Gasteiger partial charge in [-0.15, -0.1) is 0 Å². The van der Waals surface area contributed by atoms with E-state index in [0.29, 0.717) is 0 Å². The minimum absolute atomic E-state index is 0. The van der Waals surface area contributed by atoms with E-state index in [9.17, 15) is 0 Å². The molecular formula is C17H42O4. The highest BCUT2D eigenvalue weighted by molar-refractivity contribution is 4.78. The fourth-order valence-corrected chi connectivity index (χ4v) is 1.50. The van der Waals surface area contributed by atoms with Gasteiger partial charge in [0, 0.05) is 39.3 Å². The van der Waals surface area contributed by atoms with E-state index in [0.717, 1.165) is 0 Å². The van der Waals surface area contributed by atoms with Crippen LogP contribution >= 0.6 is 0 Å². The molecule has 0 aliphatic heterocycles. The zero-order chi connectivity index (χ0) is 15.9. The third-order valence-corrected chi connectivity index (χ3v) is 3.28. The summed E-state index contributed by atoms with van der Waals surface area (Å²) in [7, 11) is 6.63. The lowest BCUT2D eigenvalue weighted by Gasteiger charge is -2.38. The van der Waals surface area contributed by atoms with Crippen LogP contribution in [0.3, 0.4) is 0 Å². The molecule has 0 amide bonds. The second-order valence-electron chi connectivity index (χ2n) is 6.77. The molecule has 0 unspecified atom stereocenters. The SMILES string of the molecule is C.C.COC(C)(OC)C(C)(C)C.COC(OC)C(C)(C)C. The number of methoxy groups -OCH3 is 4. The summed E-state index contributed by atoms with van der Waals surface area (Å²) in [4.78, 5) is 0. The molecule has 0 saturated carbocycles. The second kappa shape index (κ2) is 11.4. The van der Waals surface area contributed by atoms with Gasteiger partial charge in [0.2, 0.25) is 0 Å². The Bertz CT molecular complexity index is 218. The van der Waals surface area contributed by atoms with Crippen LogP contribution in [0.5, 0.6) is 0 Å². The van der Waals surface area contributed by atoms with E-state index in [1.165, 1.54) is 0 Å². The van der Waals surface area contributed by atoms with E-state index in [-0.39, 0.29) is 32.0 Å². The van der Waals surface area contributed by atoms with Crippen molar-refractivity contribution in [2.45, 2.75) is 75.4 Å². The van der Waals surface area contributed by atoms with Crippen molar-refractivity contribution in [2.75, 3.05) is 28.4 Å². The summed E-state index contributed by atoms with van der Waals surface area (Å²) in [6, 6.07) is 0. The van der Waals surface area contributed by atoms with Crippen LogP contribution in [0, 0.1) is 10.8 Å². The second-order valence-corrected chi connectivity index (χ2v) is 6.77. The normalized spacial score (nSPS) is 12.0. The Morgan fingerprint density at radius 1 is 0.619 bits per heavy atom. The highest BCUT2D eigenvalue weighted by Gasteiger charge is 2.37. The zero-order valence-corrected chi connectivity index (χ0v) is 14.7. The lowest BCUT2D eigenvalue weighted by Crippen LogP contribution is -2.43. The van der Waals surface area contributed by atoms with Crippen molar-refractivity contribution in [3.8, 4) is 0 Å². The molecule has 0 aromatic carbocycles. The Morgan fingerprint density at radius 3 is 0.905 bits per heavy atom. The first-order valence-corrected chi connectivity index (χ1v) is 6.55. The van der Waals surface area contributed by atoms with E-state index in [2.05, 4.69) is 41.5 Å². The molecule has 4 nitrogen and oxygen atoms in total. The summed E-state index contributed by atoms with van der Waals surface area (Å²) in [5, 5.41) is 0. The fourth-order valence-electron chi connectivity index (χ4n) is 1.50. The molecule has 4 heteroatoms. The predicted octanol–water partition coefficient (Wildman–Crippen LogP) is 4.97.